The number of hydrogen-bond acceptors (Lipinski definition) is 10. The summed E-state index contributed by atoms with van der Waals surface area (Å²) < 4.78 is 1.23. The van der Waals surface area contributed by atoms with Crippen molar-refractivity contribution in [2.75, 3.05) is 55.6 Å². The Morgan fingerprint density at radius 2 is 1.69 bits per heavy atom. The molecule has 3 aliphatic rings. The third kappa shape index (κ3) is 4.48. The third-order valence-corrected chi connectivity index (χ3v) is 7.76. The van der Waals surface area contributed by atoms with Crippen LogP contribution in [0.1, 0.15) is 51.5 Å². The van der Waals surface area contributed by atoms with Crippen LogP contribution in [0.25, 0.3) is 0 Å². The van der Waals surface area contributed by atoms with Crippen molar-refractivity contribution in [3.05, 3.63) is 74.5 Å². The van der Waals surface area contributed by atoms with Crippen LogP contribution in [0, 0.1) is 15.3 Å². The van der Waals surface area contributed by atoms with Crippen LogP contribution in [0.5, 0.6) is 0 Å². The largest absolute Gasteiger partial charge is 0.571 e. The van der Waals surface area contributed by atoms with Crippen LogP contribution in [0.2, 0.25) is 0 Å². The molecule has 3 aromatic rings. The van der Waals surface area contributed by atoms with Crippen molar-refractivity contribution >= 4 is 28.6 Å². The van der Waals surface area contributed by atoms with E-state index in [1.165, 1.54) is 16.9 Å². The van der Waals surface area contributed by atoms with Gasteiger partial charge in [0.05, 0.1) is 17.0 Å². The number of piperazine rings is 1. The average molecular weight is 533 g/mol. The number of ketones is 2. The number of carbonyl (C=O) groups is 2. The zero-order chi connectivity index (χ0) is 27.1. The number of anilines is 2. The average Bonchev–Trinajstić information content (AvgIpc) is 3.60. The molecule has 2 aromatic heterocycles. The highest BCUT2D eigenvalue weighted by Gasteiger charge is 2.40. The first-order valence-electron chi connectivity index (χ1n) is 13.2. The molecule has 13 nitrogen and oxygen atoms in total. The topological polar surface area (TPSA) is 145 Å². The summed E-state index contributed by atoms with van der Waals surface area (Å²) in [5.41, 5.74) is 1.91. The number of hydrogen-bond donors (Lipinski definition) is 0. The molecule has 2 fully saturated rings. The maximum Gasteiger partial charge on any atom is 0.292 e. The van der Waals surface area contributed by atoms with E-state index in [1.54, 1.807) is 12.1 Å². The zero-order valence-corrected chi connectivity index (χ0v) is 21.4. The van der Waals surface area contributed by atoms with Crippen molar-refractivity contribution in [1.82, 2.24) is 19.7 Å². The highest BCUT2D eigenvalue weighted by atomic mass is 16.6. The lowest BCUT2D eigenvalue weighted by molar-refractivity contribution is -0.749. The molecule has 13 heteroatoms. The van der Waals surface area contributed by atoms with Gasteiger partial charge in [0.1, 0.15) is 11.4 Å². The van der Waals surface area contributed by atoms with Gasteiger partial charge in [-0.1, -0.05) is 0 Å². The van der Waals surface area contributed by atoms with Crippen LogP contribution in [-0.4, -0.2) is 82.0 Å². The smallest absolute Gasteiger partial charge is 0.292 e. The summed E-state index contributed by atoms with van der Waals surface area (Å²) in [7, 11) is 0. The van der Waals surface area contributed by atoms with E-state index < -0.39 is 11.6 Å². The molecule has 0 spiro atoms. The van der Waals surface area contributed by atoms with Gasteiger partial charge in [0.15, 0.2) is 5.69 Å². The Morgan fingerprint density at radius 3 is 2.44 bits per heavy atom. The van der Waals surface area contributed by atoms with E-state index in [4.69, 9.17) is 0 Å². The molecule has 6 rings (SSSR count). The lowest BCUT2D eigenvalue weighted by Crippen LogP contribution is -2.47. The molecule has 39 heavy (non-hydrogen) atoms. The van der Waals surface area contributed by atoms with E-state index in [0.717, 1.165) is 57.8 Å². The van der Waals surface area contributed by atoms with E-state index >= 15 is 0 Å². The summed E-state index contributed by atoms with van der Waals surface area (Å²) >= 11 is 0. The first kappa shape index (κ1) is 24.9. The van der Waals surface area contributed by atoms with Crippen molar-refractivity contribution < 1.29 is 19.5 Å². The second-order valence-corrected chi connectivity index (χ2v) is 10.0. The van der Waals surface area contributed by atoms with Crippen LogP contribution in [0.15, 0.2) is 36.5 Å². The summed E-state index contributed by atoms with van der Waals surface area (Å²) in [6.07, 6.45) is 4.13. The van der Waals surface area contributed by atoms with Crippen molar-refractivity contribution in [2.24, 2.45) is 0 Å². The molecule has 0 atom stereocenters. The lowest BCUT2D eigenvalue weighted by atomic mass is 9.94. The molecule has 0 amide bonds. The Labute approximate surface area is 224 Å². The molecule has 0 bridgehead atoms. The van der Waals surface area contributed by atoms with Gasteiger partial charge in [-0.25, -0.2) is 0 Å². The Bertz CT molecular complexity index is 1460. The molecule has 1 aliphatic carbocycles. The van der Waals surface area contributed by atoms with E-state index in [0.29, 0.717) is 23.6 Å². The second-order valence-electron chi connectivity index (χ2n) is 10.0. The number of aromatic nitrogens is 4. The summed E-state index contributed by atoms with van der Waals surface area (Å²) in [5, 5.41) is 27.9. The highest BCUT2D eigenvalue weighted by Crippen LogP contribution is 2.35. The zero-order valence-electron chi connectivity index (χ0n) is 21.4. The molecule has 0 radical (unpaired) electrons. The fourth-order valence-corrected chi connectivity index (χ4v) is 5.73. The summed E-state index contributed by atoms with van der Waals surface area (Å²) in [5.74, 6) is -0.932. The Morgan fingerprint density at radius 1 is 0.923 bits per heavy atom. The first-order valence-corrected chi connectivity index (χ1v) is 13.2. The fraction of sp³-hybridized carbons (Fsp3) is 0.423. The molecule has 0 unspecified atom stereocenters. The minimum atomic E-state index is -0.515. The van der Waals surface area contributed by atoms with Gasteiger partial charge < -0.3 is 15.0 Å². The van der Waals surface area contributed by atoms with Crippen LogP contribution in [0.4, 0.5) is 17.1 Å². The number of benzene rings is 1. The molecule has 2 saturated heterocycles. The van der Waals surface area contributed by atoms with Gasteiger partial charge in [-0.3, -0.25) is 29.6 Å². The van der Waals surface area contributed by atoms with Gasteiger partial charge in [0.2, 0.25) is 17.3 Å². The quantitative estimate of drug-likeness (QED) is 0.148. The number of nitrogens with zero attached hydrogens (tertiary/aromatic N) is 8. The number of pyridine rings is 1. The molecular weight excluding hydrogens is 504 g/mol. The number of fused-ring (bicyclic) bond motifs is 2. The first-order chi connectivity index (χ1) is 18.9. The second kappa shape index (κ2) is 10.1. The van der Waals surface area contributed by atoms with Gasteiger partial charge in [0, 0.05) is 73.8 Å². The lowest BCUT2D eigenvalue weighted by Gasteiger charge is -2.36. The summed E-state index contributed by atoms with van der Waals surface area (Å²) in [4.78, 5) is 48.0. The standard InChI is InChI=1S/C26H28N8O5/c35-25-19-5-3-8-27-22(19)26(36)23-24(25)32(34(39)28-23)12-4-9-29-13-15-30(16-14-29)18-6-7-20(33(37)38)21(17-18)31-10-1-2-11-31/h3,5-8,17H,1-2,4,9-16H2. The summed E-state index contributed by atoms with van der Waals surface area (Å²) in [6.45, 7) is 5.78. The van der Waals surface area contributed by atoms with Gasteiger partial charge in [-0.2, -0.15) is 0 Å². The van der Waals surface area contributed by atoms with E-state index in [9.17, 15) is 24.9 Å². The van der Waals surface area contributed by atoms with Gasteiger partial charge >= 0.3 is 0 Å². The minimum Gasteiger partial charge on any atom is -0.571 e. The normalized spacial score (nSPS) is 17.4. The van der Waals surface area contributed by atoms with Crippen molar-refractivity contribution in [2.45, 2.75) is 25.8 Å². The molecule has 1 aromatic carbocycles. The van der Waals surface area contributed by atoms with Gasteiger partial charge in [-0.15, -0.1) is 4.68 Å². The van der Waals surface area contributed by atoms with Crippen molar-refractivity contribution in [1.29, 1.82) is 0 Å². The van der Waals surface area contributed by atoms with Crippen LogP contribution in [-0.2, 0) is 6.54 Å². The molecule has 0 N–H and O–H groups in total. The molecule has 2 aliphatic heterocycles. The highest BCUT2D eigenvalue weighted by molar-refractivity contribution is 6.26. The predicted octanol–water partition coefficient (Wildman–Crippen LogP) is 1.41. The van der Waals surface area contributed by atoms with Crippen LogP contribution < -0.4 is 14.8 Å². The number of nitro groups is 1. The predicted molar refractivity (Wildman–Crippen MR) is 140 cm³/mol. The van der Waals surface area contributed by atoms with Gasteiger partial charge in [-0.05, 0) is 43.5 Å². The molecule has 0 saturated carbocycles. The Balaban J connectivity index is 1.08. The SMILES string of the molecule is O=C1c2ncccc2C(=O)c2c1n[n+]([O-])n2CCCN1CCN(c2ccc([N+](=O)[O-])c(N3CCCC3)c2)CC1. The maximum atomic E-state index is 13.0. The summed E-state index contributed by atoms with van der Waals surface area (Å²) in [6, 6.07) is 8.51. The minimum absolute atomic E-state index is 0.0206. The molecule has 202 valence electrons. The van der Waals surface area contributed by atoms with Crippen molar-refractivity contribution in [3.63, 3.8) is 0 Å². The van der Waals surface area contributed by atoms with Gasteiger partial charge in [0.25, 0.3) is 5.69 Å². The number of carbonyl (C=O) groups excluding carboxylic acids is 2. The Hall–Kier alpha value is -4.39. The Kier molecular flexibility index (Phi) is 6.43. The maximum absolute atomic E-state index is 13.0. The number of nitro benzene ring substituents is 1. The monoisotopic (exact) mass is 532 g/mol. The van der Waals surface area contributed by atoms with Crippen LogP contribution in [0.3, 0.4) is 0 Å². The fourth-order valence-electron chi connectivity index (χ4n) is 5.73. The third-order valence-electron chi connectivity index (χ3n) is 7.76. The van der Waals surface area contributed by atoms with Crippen LogP contribution >= 0.6 is 0 Å². The number of rotatable bonds is 7. The molecular formula is C26H28N8O5. The van der Waals surface area contributed by atoms with E-state index in [1.807, 2.05) is 12.1 Å². The van der Waals surface area contributed by atoms with Crippen molar-refractivity contribution in [3.8, 4) is 0 Å². The van der Waals surface area contributed by atoms with E-state index in [-0.39, 0.29) is 39.8 Å². The molecule has 4 heterocycles. The van der Waals surface area contributed by atoms with E-state index in [2.05, 4.69) is 24.8 Å².